The fraction of sp³-hybridized carbons (Fsp3) is 0. The Morgan fingerprint density at radius 1 is 0.875 bits per heavy atom. The van der Waals surface area contributed by atoms with E-state index in [1.807, 2.05) is 24.5 Å². The van der Waals surface area contributed by atoms with Crippen molar-refractivity contribution < 1.29 is 48.0 Å². The van der Waals surface area contributed by atoms with Crippen molar-refractivity contribution in [2.75, 3.05) is 0 Å². The van der Waals surface area contributed by atoms with Crippen LogP contribution in [0.25, 0.3) is 0 Å². The smallest absolute Gasteiger partial charge is 1.00 e. The summed E-state index contributed by atoms with van der Waals surface area (Å²) in [5, 5.41) is 0. The predicted molar refractivity (Wildman–Crippen MR) is 26.5 cm³/mol. The number of hydrogen-bond donors (Lipinski definition) is 1. The quantitative estimate of drug-likeness (QED) is 0.357. The van der Waals surface area contributed by atoms with E-state index in [9.17, 15) is 0 Å². The zero-order valence-corrected chi connectivity index (χ0v) is 10.0. The molecule has 1 aromatic rings. The van der Waals surface area contributed by atoms with Gasteiger partial charge in [-0.3, -0.25) is 0 Å². The molecule has 0 unspecified atom stereocenters. The second kappa shape index (κ2) is 11.3. The van der Waals surface area contributed by atoms with E-state index >= 15 is 0 Å². The van der Waals surface area contributed by atoms with Crippen LogP contribution >= 0.6 is 0 Å². The molecule has 1 aromatic heterocycles. The average molecular weight is 345 g/mol. The van der Waals surface area contributed by atoms with Gasteiger partial charge in [0.05, 0.1) is 0 Å². The molecular formula is C4H5I2MgN. The van der Waals surface area contributed by atoms with Gasteiger partial charge in [-0.25, -0.2) is 0 Å². The van der Waals surface area contributed by atoms with E-state index in [0.29, 0.717) is 0 Å². The number of aromatic amines is 1. The van der Waals surface area contributed by atoms with Crippen molar-refractivity contribution in [3.8, 4) is 0 Å². The molecule has 1 heterocycles. The Morgan fingerprint density at radius 2 is 1.25 bits per heavy atom. The summed E-state index contributed by atoms with van der Waals surface area (Å²) < 4.78 is 0. The molecule has 0 saturated carbocycles. The van der Waals surface area contributed by atoms with Crippen molar-refractivity contribution in [2.45, 2.75) is 0 Å². The third-order valence-electron chi connectivity index (χ3n) is 0.496. The first-order valence-corrected chi connectivity index (χ1v) is 1.58. The Bertz CT molecular complexity index is 70.5. The zero-order chi connectivity index (χ0) is 3.54. The van der Waals surface area contributed by atoms with Gasteiger partial charge in [-0.2, -0.15) is 0 Å². The van der Waals surface area contributed by atoms with Crippen molar-refractivity contribution in [1.82, 2.24) is 4.98 Å². The van der Waals surface area contributed by atoms with Gasteiger partial charge in [-0.05, 0) is 12.1 Å². The number of H-pyrrole nitrogens is 1. The Balaban J connectivity index is -0.0000000833. The van der Waals surface area contributed by atoms with Crippen molar-refractivity contribution in [3.63, 3.8) is 0 Å². The van der Waals surface area contributed by atoms with E-state index in [4.69, 9.17) is 0 Å². The molecule has 0 radical (unpaired) electrons. The fourth-order valence-corrected chi connectivity index (χ4v) is 0.278. The molecule has 1 nitrogen and oxygen atoms in total. The largest absolute Gasteiger partial charge is 2.00 e. The van der Waals surface area contributed by atoms with Crippen LogP contribution in [0.2, 0.25) is 0 Å². The van der Waals surface area contributed by atoms with Crippen molar-refractivity contribution in [3.05, 3.63) is 24.5 Å². The zero-order valence-electron chi connectivity index (χ0n) is 4.27. The second-order valence-electron chi connectivity index (χ2n) is 0.885. The Morgan fingerprint density at radius 3 is 1.38 bits per heavy atom. The van der Waals surface area contributed by atoms with Gasteiger partial charge in [0.25, 0.3) is 0 Å². The predicted octanol–water partition coefficient (Wildman–Crippen LogP) is -5.36. The van der Waals surface area contributed by atoms with Crippen molar-refractivity contribution in [1.29, 1.82) is 0 Å². The molecule has 0 aliphatic carbocycles. The van der Waals surface area contributed by atoms with Gasteiger partial charge >= 0.3 is 23.1 Å². The maximum Gasteiger partial charge on any atom is 2.00 e. The number of halogens is 2. The molecule has 1 rings (SSSR count). The summed E-state index contributed by atoms with van der Waals surface area (Å²) in [7, 11) is 0. The molecule has 0 spiro atoms. The summed E-state index contributed by atoms with van der Waals surface area (Å²) in [5.41, 5.74) is 0. The van der Waals surface area contributed by atoms with Crippen molar-refractivity contribution in [2.24, 2.45) is 0 Å². The Hall–Kier alpha value is 1.51. The minimum absolute atomic E-state index is 0. The van der Waals surface area contributed by atoms with E-state index in [-0.39, 0.29) is 71.0 Å². The molecule has 0 aliphatic rings. The molecule has 0 aliphatic heterocycles. The molecular weight excluding hydrogens is 340 g/mol. The van der Waals surface area contributed by atoms with Crippen LogP contribution in [0.5, 0.6) is 0 Å². The standard InChI is InChI=1S/C4H5N.2HI.Mg/c1-2-4-5-3-1;;;/h1-5H;2*1H;/q;;;+2/p-2. The number of nitrogens with one attached hydrogen (secondary N) is 1. The SMILES string of the molecule is [I-].[I-].[Mg+2].c1cc[nH]c1. The van der Waals surface area contributed by atoms with Crippen molar-refractivity contribution >= 4 is 23.1 Å². The van der Waals surface area contributed by atoms with Crippen LogP contribution in [0.15, 0.2) is 24.5 Å². The van der Waals surface area contributed by atoms with Crippen LogP contribution in [-0.4, -0.2) is 28.0 Å². The van der Waals surface area contributed by atoms with Crippen LogP contribution < -0.4 is 48.0 Å². The molecule has 8 heavy (non-hydrogen) atoms. The van der Waals surface area contributed by atoms with E-state index in [1.54, 1.807) is 0 Å². The number of rotatable bonds is 0. The first-order chi connectivity index (χ1) is 2.50. The van der Waals surface area contributed by atoms with Gasteiger partial charge in [0, 0.05) is 12.4 Å². The summed E-state index contributed by atoms with van der Waals surface area (Å²) >= 11 is 0. The summed E-state index contributed by atoms with van der Waals surface area (Å²) in [6.45, 7) is 0. The van der Waals surface area contributed by atoms with Gasteiger partial charge < -0.3 is 52.9 Å². The average Bonchev–Trinajstić information content (AvgIpc) is 1.76. The van der Waals surface area contributed by atoms with E-state index < -0.39 is 0 Å². The molecule has 0 amide bonds. The molecule has 1 N–H and O–H groups in total. The maximum absolute atomic E-state index is 2.86. The van der Waals surface area contributed by atoms with E-state index in [0.717, 1.165) is 0 Å². The van der Waals surface area contributed by atoms with Crippen LogP contribution in [0.1, 0.15) is 0 Å². The van der Waals surface area contributed by atoms with Gasteiger partial charge in [-0.1, -0.05) is 0 Å². The molecule has 0 atom stereocenters. The summed E-state index contributed by atoms with van der Waals surface area (Å²) in [4.78, 5) is 2.86. The molecule has 4 heteroatoms. The summed E-state index contributed by atoms with van der Waals surface area (Å²) in [6.07, 6.45) is 3.75. The number of aromatic nitrogens is 1. The van der Waals surface area contributed by atoms with Gasteiger partial charge in [0.1, 0.15) is 0 Å². The molecule has 0 aromatic carbocycles. The fourth-order valence-electron chi connectivity index (χ4n) is 0.278. The summed E-state index contributed by atoms with van der Waals surface area (Å²) in [6, 6.07) is 3.89. The normalized spacial score (nSPS) is 5.00. The molecule has 0 fully saturated rings. The third-order valence-corrected chi connectivity index (χ3v) is 0.496. The Labute approximate surface area is 99.2 Å². The monoisotopic (exact) mass is 345 g/mol. The first-order valence-electron chi connectivity index (χ1n) is 1.58. The topological polar surface area (TPSA) is 15.8 Å². The second-order valence-corrected chi connectivity index (χ2v) is 0.885. The van der Waals surface area contributed by atoms with Crippen LogP contribution in [0.3, 0.4) is 0 Å². The third kappa shape index (κ3) is 7.51. The minimum Gasteiger partial charge on any atom is -1.00 e. The van der Waals surface area contributed by atoms with Crippen LogP contribution in [0, 0.1) is 0 Å². The van der Waals surface area contributed by atoms with Crippen LogP contribution in [0.4, 0.5) is 0 Å². The molecule has 0 saturated heterocycles. The number of hydrogen-bond acceptors (Lipinski definition) is 0. The van der Waals surface area contributed by atoms with Crippen LogP contribution in [-0.2, 0) is 0 Å². The van der Waals surface area contributed by atoms with E-state index in [2.05, 4.69) is 4.98 Å². The molecule has 0 bridgehead atoms. The Kier molecular flexibility index (Phi) is 23.0. The minimum atomic E-state index is 0. The van der Waals surface area contributed by atoms with E-state index in [1.165, 1.54) is 0 Å². The van der Waals surface area contributed by atoms with Gasteiger partial charge in [0.15, 0.2) is 0 Å². The van der Waals surface area contributed by atoms with Gasteiger partial charge in [-0.15, -0.1) is 0 Å². The van der Waals surface area contributed by atoms with Gasteiger partial charge in [0.2, 0.25) is 0 Å². The summed E-state index contributed by atoms with van der Waals surface area (Å²) in [5.74, 6) is 0. The molecule has 42 valence electrons. The maximum atomic E-state index is 2.86. The first kappa shape index (κ1) is 16.2.